The third kappa shape index (κ3) is 2.86. The summed E-state index contributed by atoms with van der Waals surface area (Å²) >= 11 is 5.68. The number of halogens is 1. The average Bonchev–Trinajstić information content (AvgIpc) is 2.28. The number of hydrogen-bond donors (Lipinski definition) is 0. The lowest BCUT2D eigenvalue weighted by Gasteiger charge is -2.08. The minimum Gasteiger partial charge on any atom is -0.496 e. The molecule has 0 aliphatic rings. The van der Waals surface area contributed by atoms with Gasteiger partial charge in [-0.1, -0.05) is 6.07 Å². The van der Waals surface area contributed by atoms with Crippen LogP contribution in [0.1, 0.15) is 22.8 Å². The van der Waals surface area contributed by atoms with Gasteiger partial charge in [0.15, 0.2) is 0 Å². The Balaban J connectivity index is 3.02. The summed E-state index contributed by atoms with van der Waals surface area (Å²) in [5.74, 6) is 0.501. The Morgan fingerprint density at radius 2 is 2.20 bits per heavy atom. The lowest BCUT2D eigenvalue weighted by molar-refractivity contribution is 0.0522. The fraction of sp³-hybridized carbons (Fsp3) is 0.364. The number of carbonyl (C=O) groups excluding carboxylic acids is 1. The molecule has 0 atom stereocenters. The van der Waals surface area contributed by atoms with Gasteiger partial charge in [-0.2, -0.15) is 0 Å². The van der Waals surface area contributed by atoms with Gasteiger partial charge < -0.3 is 9.47 Å². The van der Waals surface area contributed by atoms with Crippen LogP contribution in [0.25, 0.3) is 0 Å². The Morgan fingerprint density at radius 3 is 2.73 bits per heavy atom. The number of esters is 1. The molecule has 3 nitrogen and oxygen atoms in total. The standard InChI is InChI=1S/C11H13ClO3/c1-3-15-11(13)9-5-4-8(7-12)6-10(9)14-2/h4-6H,3,7H2,1-2H3. The van der Waals surface area contributed by atoms with E-state index < -0.39 is 0 Å². The molecule has 1 aromatic carbocycles. The van der Waals surface area contributed by atoms with Crippen LogP contribution in [0.3, 0.4) is 0 Å². The molecule has 0 N–H and O–H groups in total. The highest BCUT2D eigenvalue weighted by molar-refractivity contribution is 6.17. The third-order valence-corrected chi connectivity index (χ3v) is 2.22. The minimum atomic E-state index is -0.379. The van der Waals surface area contributed by atoms with Crippen LogP contribution in [0.4, 0.5) is 0 Å². The largest absolute Gasteiger partial charge is 0.496 e. The molecule has 1 aromatic rings. The molecule has 0 amide bonds. The monoisotopic (exact) mass is 228 g/mol. The molecule has 15 heavy (non-hydrogen) atoms. The maximum absolute atomic E-state index is 11.5. The van der Waals surface area contributed by atoms with Crippen LogP contribution < -0.4 is 4.74 Å². The van der Waals surface area contributed by atoms with E-state index in [4.69, 9.17) is 21.1 Å². The van der Waals surface area contributed by atoms with Crippen LogP contribution in [0.15, 0.2) is 18.2 Å². The van der Waals surface area contributed by atoms with Gasteiger partial charge in [-0.3, -0.25) is 0 Å². The molecule has 0 bridgehead atoms. The molecule has 0 spiro atoms. The third-order valence-electron chi connectivity index (χ3n) is 1.92. The van der Waals surface area contributed by atoms with Crippen molar-refractivity contribution < 1.29 is 14.3 Å². The summed E-state index contributed by atoms with van der Waals surface area (Å²) in [6, 6.07) is 5.18. The fourth-order valence-electron chi connectivity index (χ4n) is 1.20. The summed E-state index contributed by atoms with van der Waals surface area (Å²) in [6.45, 7) is 2.11. The zero-order valence-corrected chi connectivity index (χ0v) is 9.50. The number of benzene rings is 1. The molecule has 0 aliphatic heterocycles. The zero-order valence-electron chi connectivity index (χ0n) is 8.75. The van der Waals surface area contributed by atoms with E-state index in [0.717, 1.165) is 5.56 Å². The second-order valence-electron chi connectivity index (χ2n) is 2.89. The topological polar surface area (TPSA) is 35.5 Å². The normalized spacial score (nSPS) is 9.80. The van der Waals surface area contributed by atoms with Crippen molar-refractivity contribution in [3.8, 4) is 5.75 Å². The van der Waals surface area contributed by atoms with E-state index in [1.54, 1.807) is 25.1 Å². The smallest absolute Gasteiger partial charge is 0.341 e. The molecule has 4 heteroatoms. The molecule has 1 rings (SSSR count). The zero-order chi connectivity index (χ0) is 11.3. The second kappa shape index (κ2) is 5.61. The van der Waals surface area contributed by atoms with Gasteiger partial charge in [0.2, 0.25) is 0 Å². The van der Waals surface area contributed by atoms with Gasteiger partial charge >= 0.3 is 5.97 Å². The first-order chi connectivity index (χ1) is 7.22. The van der Waals surface area contributed by atoms with E-state index in [1.807, 2.05) is 0 Å². The predicted octanol–water partition coefficient (Wildman–Crippen LogP) is 2.61. The summed E-state index contributed by atoms with van der Waals surface area (Å²) in [5, 5.41) is 0. The molecule has 0 aliphatic carbocycles. The van der Waals surface area contributed by atoms with Gasteiger partial charge in [-0.05, 0) is 24.6 Å². The summed E-state index contributed by atoms with van der Waals surface area (Å²) in [6.07, 6.45) is 0. The van der Waals surface area contributed by atoms with E-state index in [9.17, 15) is 4.79 Å². The first-order valence-electron chi connectivity index (χ1n) is 4.63. The first kappa shape index (κ1) is 11.9. The molecule has 0 heterocycles. The number of hydrogen-bond acceptors (Lipinski definition) is 3. The Bertz CT molecular complexity index is 350. The van der Waals surface area contributed by atoms with Crippen LogP contribution in [-0.2, 0) is 10.6 Å². The molecule has 0 saturated carbocycles. The summed E-state index contributed by atoms with van der Waals surface area (Å²) in [5.41, 5.74) is 1.33. The fourth-order valence-corrected chi connectivity index (χ4v) is 1.36. The highest BCUT2D eigenvalue weighted by Gasteiger charge is 2.13. The van der Waals surface area contributed by atoms with Crippen molar-refractivity contribution in [2.24, 2.45) is 0 Å². The molecule has 0 saturated heterocycles. The highest BCUT2D eigenvalue weighted by atomic mass is 35.5. The quantitative estimate of drug-likeness (QED) is 0.587. The van der Waals surface area contributed by atoms with Gasteiger partial charge in [-0.15, -0.1) is 11.6 Å². The first-order valence-corrected chi connectivity index (χ1v) is 5.16. The van der Waals surface area contributed by atoms with Crippen molar-refractivity contribution in [3.63, 3.8) is 0 Å². The van der Waals surface area contributed by atoms with Crippen LogP contribution in [0.5, 0.6) is 5.75 Å². The van der Waals surface area contributed by atoms with Crippen molar-refractivity contribution in [1.29, 1.82) is 0 Å². The van der Waals surface area contributed by atoms with Crippen LogP contribution in [-0.4, -0.2) is 19.7 Å². The van der Waals surface area contributed by atoms with Gasteiger partial charge in [-0.25, -0.2) is 4.79 Å². The molecular weight excluding hydrogens is 216 g/mol. The number of methoxy groups -OCH3 is 1. The average molecular weight is 229 g/mol. The molecule has 0 fully saturated rings. The molecular formula is C11H13ClO3. The number of ether oxygens (including phenoxy) is 2. The molecule has 0 unspecified atom stereocenters. The van der Waals surface area contributed by atoms with Crippen molar-refractivity contribution in [3.05, 3.63) is 29.3 Å². The Hall–Kier alpha value is -1.22. The Kier molecular flexibility index (Phi) is 4.43. The van der Waals surface area contributed by atoms with Crippen LogP contribution in [0, 0.1) is 0 Å². The SMILES string of the molecule is CCOC(=O)c1ccc(CCl)cc1OC. The van der Waals surface area contributed by atoms with Gasteiger partial charge in [0.1, 0.15) is 11.3 Å². The maximum Gasteiger partial charge on any atom is 0.341 e. The summed E-state index contributed by atoms with van der Waals surface area (Å²) in [4.78, 5) is 11.5. The highest BCUT2D eigenvalue weighted by Crippen LogP contribution is 2.21. The maximum atomic E-state index is 11.5. The number of rotatable bonds is 4. The van der Waals surface area contributed by atoms with E-state index in [2.05, 4.69) is 0 Å². The number of carbonyl (C=O) groups is 1. The van der Waals surface area contributed by atoms with E-state index >= 15 is 0 Å². The minimum absolute atomic E-state index is 0.346. The van der Waals surface area contributed by atoms with Crippen molar-refractivity contribution >= 4 is 17.6 Å². The Labute approximate surface area is 93.9 Å². The Morgan fingerprint density at radius 1 is 1.47 bits per heavy atom. The lowest BCUT2D eigenvalue weighted by Crippen LogP contribution is -2.06. The van der Waals surface area contributed by atoms with Crippen molar-refractivity contribution in [2.45, 2.75) is 12.8 Å². The molecule has 82 valence electrons. The van der Waals surface area contributed by atoms with Gasteiger partial charge in [0.05, 0.1) is 13.7 Å². The van der Waals surface area contributed by atoms with Crippen LogP contribution in [0.2, 0.25) is 0 Å². The van der Waals surface area contributed by atoms with Gasteiger partial charge in [0.25, 0.3) is 0 Å². The lowest BCUT2D eigenvalue weighted by atomic mass is 10.1. The predicted molar refractivity (Wildman–Crippen MR) is 58.5 cm³/mol. The van der Waals surface area contributed by atoms with E-state index in [-0.39, 0.29) is 5.97 Å². The van der Waals surface area contributed by atoms with Crippen molar-refractivity contribution in [2.75, 3.05) is 13.7 Å². The summed E-state index contributed by atoms with van der Waals surface area (Å²) < 4.78 is 9.99. The van der Waals surface area contributed by atoms with E-state index in [1.165, 1.54) is 7.11 Å². The van der Waals surface area contributed by atoms with Crippen molar-refractivity contribution in [1.82, 2.24) is 0 Å². The van der Waals surface area contributed by atoms with Gasteiger partial charge in [0, 0.05) is 5.88 Å². The summed E-state index contributed by atoms with van der Waals surface area (Å²) in [7, 11) is 1.51. The van der Waals surface area contributed by atoms with E-state index in [0.29, 0.717) is 23.8 Å². The molecule has 0 radical (unpaired) electrons. The second-order valence-corrected chi connectivity index (χ2v) is 3.16. The van der Waals surface area contributed by atoms with Crippen LogP contribution >= 0.6 is 11.6 Å². The number of alkyl halides is 1. The molecule has 0 aromatic heterocycles.